The highest BCUT2D eigenvalue weighted by molar-refractivity contribution is 5.80. The van der Waals surface area contributed by atoms with E-state index in [1.165, 1.54) is 4.90 Å². The summed E-state index contributed by atoms with van der Waals surface area (Å²) in [6, 6.07) is -0.717. The maximum Gasteiger partial charge on any atom is 0.325 e. The van der Waals surface area contributed by atoms with E-state index in [1.807, 2.05) is 0 Å². The fourth-order valence-corrected chi connectivity index (χ4v) is 0.931. The van der Waals surface area contributed by atoms with Gasteiger partial charge >= 0.3 is 18.0 Å². The third kappa shape index (κ3) is 8.20. The van der Waals surface area contributed by atoms with Gasteiger partial charge in [-0.1, -0.05) is 0 Å². The van der Waals surface area contributed by atoms with Gasteiger partial charge in [-0.3, -0.25) is 4.79 Å². The fraction of sp³-hybridized carbons (Fsp3) is 0.700. The molecule has 0 radical (unpaired) electrons. The van der Waals surface area contributed by atoms with Crippen LogP contribution in [0.5, 0.6) is 0 Å². The molecule has 0 unspecified atom stereocenters. The highest BCUT2D eigenvalue weighted by Gasteiger charge is 2.05. The maximum absolute atomic E-state index is 11.2. The smallest absolute Gasteiger partial charge is 0.325 e. The molecular weight excluding hydrogens is 240 g/mol. The van der Waals surface area contributed by atoms with Crippen molar-refractivity contribution in [1.29, 1.82) is 0 Å². The van der Waals surface area contributed by atoms with Crippen molar-refractivity contribution < 1.29 is 19.1 Å². The summed E-state index contributed by atoms with van der Waals surface area (Å²) in [5.74, 6) is -0.492. The summed E-state index contributed by atoms with van der Waals surface area (Å²) in [6.45, 7) is 2.37. The normalized spacial score (nSPS) is 9.28. The van der Waals surface area contributed by atoms with Gasteiger partial charge in [0, 0.05) is 27.2 Å². The van der Waals surface area contributed by atoms with E-state index >= 15 is 0 Å². The molecule has 4 amide bonds. The molecule has 0 saturated heterocycles. The predicted octanol–water partition coefficient (Wildman–Crippen LogP) is -0.880. The summed E-state index contributed by atoms with van der Waals surface area (Å²) >= 11 is 0. The molecule has 104 valence electrons. The molecule has 8 heteroatoms. The van der Waals surface area contributed by atoms with Crippen molar-refractivity contribution in [3.05, 3.63) is 0 Å². The van der Waals surface area contributed by atoms with Gasteiger partial charge in [-0.05, 0) is 6.92 Å². The number of ether oxygens (including phenoxy) is 1. The summed E-state index contributed by atoms with van der Waals surface area (Å²) in [5.41, 5.74) is 0. The van der Waals surface area contributed by atoms with E-state index in [4.69, 9.17) is 0 Å². The summed E-state index contributed by atoms with van der Waals surface area (Å²) < 4.78 is 4.63. The third-order valence-electron chi connectivity index (χ3n) is 1.79. The number of nitrogens with one attached hydrogen (secondary N) is 3. The van der Waals surface area contributed by atoms with Gasteiger partial charge < -0.3 is 25.6 Å². The van der Waals surface area contributed by atoms with Crippen molar-refractivity contribution in [3.63, 3.8) is 0 Å². The van der Waals surface area contributed by atoms with Crippen molar-refractivity contribution in [2.75, 3.05) is 40.3 Å². The molecule has 18 heavy (non-hydrogen) atoms. The molecule has 0 aliphatic heterocycles. The Hall–Kier alpha value is -1.99. The molecule has 0 rings (SSSR count). The second-order valence-electron chi connectivity index (χ2n) is 3.54. The molecule has 0 heterocycles. The van der Waals surface area contributed by atoms with Crippen LogP contribution in [0.4, 0.5) is 9.59 Å². The van der Waals surface area contributed by atoms with Crippen LogP contribution in [0, 0.1) is 0 Å². The summed E-state index contributed by atoms with van der Waals surface area (Å²) in [4.78, 5) is 34.6. The van der Waals surface area contributed by atoms with E-state index in [2.05, 4.69) is 20.7 Å². The molecular formula is C10H20N4O4. The van der Waals surface area contributed by atoms with Gasteiger partial charge in [0.05, 0.1) is 6.61 Å². The minimum Gasteiger partial charge on any atom is -0.465 e. The van der Waals surface area contributed by atoms with Crippen LogP contribution in [0.1, 0.15) is 6.92 Å². The predicted molar refractivity (Wildman–Crippen MR) is 65.1 cm³/mol. The zero-order chi connectivity index (χ0) is 14.0. The molecule has 0 aromatic rings. The Labute approximate surface area is 106 Å². The van der Waals surface area contributed by atoms with Crippen LogP contribution in [0.25, 0.3) is 0 Å². The lowest BCUT2D eigenvalue weighted by Gasteiger charge is -2.12. The van der Waals surface area contributed by atoms with E-state index in [0.29, 0.717) is 6.54 Å². The van der Waals surface area contributed by atoms with Gasteiger partial charge in [-0.15, -0.1) is 0 Å². The third-order valence-corrected chi connectivity index (χ3v) is 1.79. The van der Waals surface area contributed by atoms with E-state index in [1.54, 1.807) is 21.0 Å². The Kier molecular flexibility index (Phi) is 8.08. The first-order chi connectivity index (χ1) is 8.47. The van der Waals surface area contributed by atoms with E-state index in [-0.39, 0.29) is 25.7 Å². The second kappa shape index (κ2) is 9.08. The number of amides is 4. The molecule has 0 aromatic heterocycles. The Morgan fingerprint density at radius 3 is 2.22 bits per heavy atom. The molecule has 0 bridgehead atoms. The monoisotopic (exact) mass is 260 g/mol. The van der Waals surface area contributed by atoms with E-state index in [9.17, 15) is 14.4 Å². The first-order valence-corrected chi connectivity index (χ1v) is 5.59. The maximum atomic E-state index is 11.2. The van der Waals surface area contributed by atoms with E-state index < -0.39 is 12.0 Å². The lowest BCUT2D eigenvalue weighted by Crippen LogP contribution is -2.43. The van der Waals surface area contributed by atoms with Crippen molar-refractivity contribution in [1.82, 2.24) is 20.9 Å². The standard InChI is InChI=1S/C10H20N4O4/c1-4-18-8(15)7-13-9(16)11-5-6-12-10(17)14(2)3/h4-7H2,1-3H3,(H,12,17)(H2,11,13,16). The topological polar surface area (TPSA) is 99.8 Å². The molecule has 0 atom stereocenters. The highest BCUT2D eigenvalue weighted by Crippen LogP contribution is 1.76. The zero-order valence-electron chi connectivity index (χ0n) is 10.9. The van der Waals surface area contributed by atoms with Gasteiger partial charge in [-0.2, -0.15) is 0 Å². The van der Waals surface area contributed by atoms with Gasteiger partial charge in [0.2, 0.25) is 0 Å². The molecule has 0 aliphatic rings. The molecule has 0 aromatic carbocycles. The average Bonchev–Trinajstić information content (AvgIpc) is 2.32. The molecule has 8 nitrogen and oxygen atoms in total. The van der Waals surface area contributed by atoms with Gasteiger partial charge in [0.25, 0.3) is 0 Å². The quantitative estimate of drug-likeness (QED) is 0.426. The lowest BCUT2D eigenvalue weighted by atomic mass is 10.6. The van der Waals surface area contributed by atoms with Gasteiger partial charge in [0.15, 0.2) is 0 Å². The summed E-state index contributed by atoms with van der Waals surface area (Å²) in [7, 11) is 3.24. The number of nitrogens with zero attached hydrogens (tertiary/aromatic N) is 1. The van der Waals surface area contributed by atoms with Crippen molar-refractivity contribution in [3.8, 4) is 0 Å². The number of hydrogen-bond donors (Lipinski definition) is 3. The van der Waals surface area contributed by atoms with E-state index in [0.717, 1.165) is 0 Å². The molecule has 0 fully saturated rings. The van der Waals surface area contributed by atoms with Crippen LogP contribution < -0.4 is 16.0 Å². The highest BCUT2D eigenvalue weighted by atomic mass is 16.5. The van der Waals surface area contributed by atoms with Crippen LogP contribution in [0.3, 0.4) is 0 Å². The largest absolute Gasteiger partial charge is 0.465 e. The van der Waals surface area contributed by atoms with Crippen LogP contribution in [0.15, 0.2) is 0 Å². The summed E-state index contributed by atoms with van der Waals surface area (Å²) in [6.07, 6.45) is 0. The van der Waals surface area contributed by atoms with Gasteiger partial charge in [-0.25, -0.2) is 9.59 Å². The molecule has 0 spiro atoms. The number of urea groups is 2. The van der Waals surface area contributed by atoms with Crippen LogP contribution in [-0.2, 0) is 9.53 Å². The number of carbonyl (C=O) groups is 3. The number of hydrogen-bond acceptors (Lipinski definition) is 4. The Morgan fingerprint density at radius 1 is 1.06 bits per heavy atom. The van der Waals surface area contributed by atoms with Crippen LogP contribution in [0.2, 0.25) is 0 Å². The molecule has 3 N–H and O–H groups in total. The Morgan fingerprint density at radius 2 is 1.67 bits per heavy atom. The van der Waals surface area contributed by atoms with Crippen LogP contribution >= 0.6 is 0 Å². The Balaban J connectivity index is 3.54. The number of esters is 1. The fourth-order valence-electron chi connectivity index (χ4n) is 0.931. The first-order valence-electron chi connectivity index (χ1n) is 5.59. The minimum atomic E-state index is -0.492. The lowest BCUT2D eigenvalue weighted by molar-refractivity contribution is -0.141. The summed E-state index contributed by atoms with van der Waals surface area (Å²) in [5, 5.41) is 7.39. The number of carbonyl (C=O) groups excluding carboxylic acids is 3. The minimum absolute atomic E-state index is 0.177. The molecule has 0 saturated carbocycles. The average molecular weight is 260 g/mol. The van der Waals surface area contributed by atoms with Crippen molar-refractivity contribution in [2.45, 2.75) is 6.92 Å². The van der Waals surface area contributed by atoms with Crippen molar-refractivity contribution in [2.24, 2.45) is 0 Å². The SMILES string of the molecule is CCOC(=O)CNC(=O)NCCNC(=O)N(C)C. The molecule has 0 aliphatic carbocycles. The number of rotatable bonds is 6. The van der Waals surface area contributed by atoms with Gasteiger partial charge in [0.1, 0.15) is 6.54 Å². The zero-order valence-corrected chi connectivity index (χ0v) is 10.9. The second-order valence-corrected chi connectivity index (χ2v) is 3.54. The Bertz CT molecular complexity index is 294. The van der Waals surface area contributed by atoms with Crippen molar-refractivity contribution >= 4 is 18.0 Å². The van der Waals surface area contributed by atoms with Crippen LogP contribution in [-0.4, -0.2) is 63.3 Å². The first kappa shape index (κ1) is 16.0.